The molecule has 2 aliphatic heterocycles. The molecule has 1 N–H and O–H groups in total. The summed E-state index contributed by atoms with van der Waals surface area (Å²) >= 11 is 0. The number of hydrogen-bond donors (Lipinski definition) is 1. The zero-order valence-electron chi connectivity index (χ0n) is 14.9. The number of halogens is 3. The highest BCUT2D eigenvalue weighted by Gasteiger charge is 2.35. The van der Waals surface area contributed by atoms with Crippen molar-refractivity contribution in [3.63, 3.8) is 0 Å². The quantitative estimate of drug-likeness (QED) is 0.895. The van der Waals surface area contributed by atoms with Gasteiger partial charge in [0.15, 0.2) is 0 Å². The molecule has 2 aromatic rings. The predicted octanol–water partition coefficient (Wildman–Crippen LogP) is 3.21. The molecule has 0 aliphatic carbocycles. The molecule has 5 nitrogen and oxygen atoms in total. The average Bonchev–Trinajstić information content (AvgIpc) is 3.04. The molecule has 1 atom stereocenters. The molecule has 2 aromatic heterocycles. The van der Waals surface area contributed by atoms with Gasteiger partial charge in [-0.05, 0) is 31.2 Å². The van der Waals surface area contributed by atoms with Crippen LogP contribution in [0.3, 0.4) is 0 Å². The van der Waals surface area contributed by atoms with Crippen molar-refractivity contribution in [2.24, 2.45) is 0 Å². The summed E-state index contributed by atoms with van der Waals surface area (Å²) in [5.74, 6) is 0. The number of alkyl halides is 3. The van der Waals surface area contributed by atoms with Gasteiger partial charge in [-0.15, -0.1) is 0 Å². The Kier molecular flexibility index (Phi) is 4.51. The molecular weight excluding hydrogens is 355 g/mol. The topological polar surface area (TPSA) is 46.0 Å². The Hall–Kier alpha value is -2.61. The second-order valence-corrected chi connectivity index (χ2v) is 6.86. The van der Waals surface area contributed by atoms with Crippen LogP contribution in [0.25, 0.3) is 11.4 Å². The molecule has 0 bridgehead atoms. The molecule has 4 rings (SSSR count). The third-order valence-corrected chi connectivity index (χ3v) is 4.74. The largest absolute Gasteiger partial charge is 0.418 e. The van der Waals surface area contributed by atoms with E-state index >= 15 is 0 Å². The Morgan fingerprint density at radius 3 is 2.93 bits per heavy atom. The summed E-state index contributed by atoms with van der Waals surface area (Å²) in [5, 5.41) is 7.79. The van der Waals surface area contributed by atoms with Crippen molar-refractivity contribution in [3.05, 3.63) is 59.6 Å². The second kappa shape index (κ2) is 6.84. The molecule has 0 saturated heterocycles. The molecule has 0 spiro atoms. The molecule has 1 unspecified atom stereocenters. The molecule has 2 aliphatic rings. The SMILES string of the molecule is CC1C=CC=C(CN2CCn3nc(-c4ncccc4C(F)(F)F)cc3C2)N1. The number of nitrogens with zero attached hydrogens (tertiary/aromatic N) is 4. The van der Waals surface area contributed by atoms with Crippen LogP contribution in [-0.2, 0) is 19.3 Å². The lowest BCUT2D eigenvalue weighted by molar-refractivity contribution is -0.137. The molecule has 142 valence electrons. The van der Waals surface area contributed by atoms with Crippen molar-refractivity contribution in [1.82, 2.24) is 25.0 Å². The van der Waals surface area contributed by atoms with Gasteiger partial charge in [-0.2, -0.15) is 18.3 Å². The highest BCUT2D eigenvalue weighted by atomic mass is 19.4. The average molecular weight is 375 g/mol. The lowest BCUT2D eigenvalue weighted by Gasteiger charge is -2.30. The zero-order chi connectivity index (χ0) is 19.0. The van der Waals surface area contributed by atoms with Crippen LogP contribution in [0, 0.1) is 0 Å². The van der Waals surface area contributed by atoms with Crippen molar-refractivity contribution in [3.8, 4) is 11.4 Å². The minimum Gasteiger partial charge on any atom is -0.381 e. The first-order valence-electron chi connectivity index (χ1n) is 8.86. The second-order valence-electron chi connectivity index (χ2n) is 6.86. The fraction of sp³-hybridized carbons (Fsp3) is 0.368. The number of pyridine rings is 1. The van der Waals surface area contributed by atoms with Gasteiger partial charge in [-0.3, -0.25) is 14.6 Å². The summed E-state index contributed by atoms with van der Waals surface area (Å²) in [6.07, 6.45) is 3.10. The van der Waals surface area contributed by atoms with Gasteiger partial charge in [0.1, 0.15) is 11.4 Å². The van der Waals surface area contributed by atoms with Crippen LogP contribution >= 0.6 is 0 Å². The molecule has 8 heteroatoms. The zero-order valence-corrected chi connectivity index (χ0v) is 14.9. The predicted molar refractivity (Wildman–Crippen MR) is 95.6 cm³/mol. The van der Waals surface area contributed by atoms with E-state index in [-0.39, 0.29) is 11.4 Å². The standard InChI is InChI=1S/C19H20F3N5/c1-13-4-2-5-14(24-13)11-26-8-9-27-15(12-26)10-17(25-27)18-16(19(20,21)22)6-3-7-23-18/h2-7,10,13,24H,8-9,11-12H2,1H3. The van der Waals surface area contributed by atoms with Gasteiger partial charge in [-0.25, -0.2) is 0 Å². The van der Waals surface area contributed by atoms with Gasteiger partial charge >= 0.3 is 6.18 Å². The Balaban J connectivity index is 1.55. The summed E-state index contributed by atoms with van der Waals surface area (Å²) in [5.41, 5.74) is 1.44. The van der Waals surface area contributed by atoms with Gasteiger partial charge in [0.05, 0.1) is 17.8 Å². The third kappa shape index (κ3) is 3.75. The first kappa shape index (κ1) is 17.8. The van der Waals surface area contributed by atoms with Crippen LogP contribution in [0.1, 0.15) is 18.2 Å². The van der Waals surface area contributed by atoms with E-state index in [1.165, 1.54) is 12.3 Å². The number of hydrogen-bond acceptors (Lipinski definition) is 4. The van der Waals surface area contributed by atoms with E-state index in [1.54, 1.807) is 10.7 Å². The third-order valence-electron chi connectivity index (χ3n) is 4.74. The summed E-state index contributed by atoms with van der Waals surface area (Å²) in [7, 11) is 0. The van der Waals surface area contributed by atoms with E-state index < -0.39 is 11.7 Å². The van der Waals surface area contributed by atoms with Gasteiger partial charge in [0.25, 0.3) is 0 Å². The van der Waals surface area contributed by atoms with E-state index in [2.05, 4.69) is 39.4 Å². The summed E-state index contributed by atoms with van der Waals surface area (Å²) in [6, 6.07) is 4.36. The minimum atomic E-state index is -4.46. The Morgan fingerprint density at radius 1 is 1.30 bits per heavy atom. The van der Waals surface area contributed by atoms with E-state index in [9.17, 15) is 13.2 Å². The van der Waals surface area contributed by atoms with Crippen molar-refractivity contribution in [2.75, 3.05) is 13.1 Å². The number of dihydropyridines is 1. The molecule has 0 radical (unpaired) electrons. The molecule has 4 heterocycles. The highest BCUT2D eigenvalue weighted by molar-refractivity contribution is 5.60. The van der Waals surface area contributed by atoms with Gasteiger partial charge in [0.2, 0.25) is 0 Å². The fourth-order valence-corrected chi connectivity index (χ4v) is 3.48. The van der Waals surface area contributed by atoms with Crippen LogP contribution in [-0.4, -0.2) is 38.8 Å². The Labute approximate surface area is 155 Å². The maximum atomic E-state index is 13.3. The van der Waals surface area contributed by atoms with E-state index in [0.717, 1.165) is 30.5 Å². The number of fused-ring (bicyclic) bond motifs is 1. The highest BCUT2D eigenvalue weighted by Crippen LogP contribution is 2.35. The van der Waals surface area contributed by atoms with Crippen LogP contribution < -0.4 is 5.32 Å². The first-order chi connectivity index (χ1) is 12.9. The summed E-state index contributed by atoms with van der Waals surface area (Å²) in [6.45, 7) is 4.93. The molecule has 0 saturated carbocycles. The van der Waals surface area contributed by atoms with Gasteiger partial charge in [-0.1, -0.05) is 12.2 Å². The smallest absolute Gasteiger partial charge is 0.381 e. The van der Waals surface area contributed by atoms with Crippen molar-refractivity contribution >= 4 is 0 Å². The number of nitrogens with one attached hydrogen (secondary N) is 1. The monoisotopic (exact) mass is 375 g/mol. The van der Waals surface area contributed by atoms with E-state index in [0.29, 0.717) is 19.1 Å². The lowest BCUT2D eigenvalue weighted by atomic mass is 10.1. The van der Waals surface area contributed by atoms with Crippen molar-refractivity contribution in [1.29, 1.82) is 0 Å². The molecule has 0 amide bonds. The summed E-state index contributed by atoms with van der Waals surface area (Å²) in [4.78, 5) is 6.20. The molecule has 0 fully saturated rings. The minimum absolute atomic E-state index is 0.117. The Bertz CT molecular complexity index is 897. The van der Waals surface area contributed by atoms with Crippen molar-refractivity contribution < 1.29 is 13.2 Å². The Morgan fingerprint density at radius 2 is 2.15 bits per heavy atom. The van der Waals surface area contributed by atoms with E-state index in [1.807, 2.05) is 6.08 Å². The first-order valence-corrected chi connectivity index (χ1v) is 8.86. The maximum absolute atomic E-state index is 13.3. The van der Waals surface area contributed by atoms with Crippen LogP contribution in [0.15, 0.2) is 48.3 Å². The fourth-order valence-electron chi connectivity index (χ4n) is 3.48. The van der Waals surface area contributed by atoms with Crippen molar-refractivity contribution in [2.45, 2.75) is 32.2 Å². The normalized spacial score (nSPS) is 20.1. The number of rotatable bonds is 3. The number of allylic oxidation sites excluding steroid dienone is 2. The van der Waals surface area contributed by atoms with Crippen LogP contribution in [0.4, 0.5) is 13.2 Å². The lowest BCUT2D eigenvalue weighted by Crippen LogP contribution is -2.39. The van der Waals surface area contributed by atoms with Gasteiger partial charge in [0, 0.05) is 37.6 Å². The van der Waals surface area contributed by atoms with E-state index in [4.69, 9.17) is 0 Å². The molecular formula is C19H20F3N5. The molecule has 0 aromatic carbocycles. The van der Waals surface area contributed by atoms with Crippen LogP contribution in [0.5, 0.6) is 0 Å². The maximum Gasteiger partial charge on any atom is 0.418 e. The molecule has 27 heavy (non-hydrogen) atoms. The van der Waals surface area contributed by atoms with Gasteiger partial charge < -0.3 is 5.32 Å². The summed E-state index contributed by atoms with van der Waals surface area (Å²) < 4.78 is 41.6. The number of aromatic nitrogens is 3. The van der Waals surface area contributed by atoms with Crippen LogP contribution in [0.2, 0.25) is 0 Å².